The van der Waals surface area contributed by atoms with Gasteiger partial charge >= 0.3 is 5.97 Å². The molecular weight excluding hydrogens is 202 g/mol. The lowest BCUT2D eigenvalue weighted by Crippen LogP contribution is -2.47. The largest absolute Gasteiger partial charge is 0.480 e. The Morgan fingerprint density at radius 1 is 1.47 bits per heavy atom. The van der Waals surface area contributed by atoms with Crippen molar-refractivity contribution in [1.29, 1.82) is 0 Å². The third kappa shape index (κ3) is 6.03. The molecule has 0 heterocycles. The number of nitrogens with one attached hydrogen (secondary N) is 1. The number of ether oxygens (including phenoxy) is 1. The van der Waals surface area contributed by atoms with Crippen LogP contribution in [0.2, 0.25) is 0 Å². The molecule has 3 N–H and O–H groups in total. The predicted octanol–water partition coefficient (Wildman–Crippen LogP) is -0.637. The van der Waals surface area contributed by atoms with Gasteiger partial charge in [0.05, 0.1) is 12.7 Å². The maximum Gasteiger partial charge on any atom is 0.328 e. The van der Waals surface area contributed by atoms with Gasteiger partial charge in [0.2, 0.25) is 5.91 Å². The molecule has 0 aromatic heterocycles. The third-order valence-electron chi connectivity index (χ3n) is 1.74. The van der Waals surface area contributed by atoms with Gasteiger partial charge in [0.1, 0.15) is 0 Å². The van der Waals surface area contributed by atoms with E-state index < -0.39 is 24.0 Å². The summed E-state index contributed by atoms with van der Waals surface area (Å²) in [6.45, 7) is 3.86. The van der Waals surface area contributed by atoms with Crippen LogP contribution in [0.3, 0.4) is 0 Å². The summed E-state index contributed by atoms with van der Waals surface area (Å²) in [7, 11) is 0. The van der Waals surface area contributed by atoms with E-state index in [2.05, 4.69) is 5.32 Å². The average Bonchev–Trinajstić information content (AvgIpc) is 2.13. The molecule has 2 atom stereocenters. The SMILES string of the molecule is CCOCCC(=O)N[C@H](C(=O)O)[C@@H](C)O. The molecule has 0 aliphatic carbocycles. The molecule has 0 radical (unpaired) electrons. The van der Waals surface area contributed by atoms with Gasteiger partial charge in [-0.2, -0.15) is 0 Å². The second-order valence-electron chi connectivity index (χ2n) is 3.07. The molecule has 0 bridgehead atoms. The second kappa shape index (κ2) is 7.19. The number of rotatable bonds is 7. The first-order valence-corrected chi connectivity index (χ1v) is 4.77. The molecule has 0 unspecified atom stereocenters. The zero-order valence-electron chi connectivity index (χ0n) is 8.90. The molecule has 0 aromatic rings. The van der Waals surface area contributed by atoms with Gasteiger partial charge in [0.25, 0.3) is 0 Å². The third-order valence-corrected chi connectivity index (χ3v) is 1.74. The Kier molecular flexibility index (Phi) is 6.64. The minimum absolute atomic E-state index is 0.0876. The van der Waals surface area contributed by atoms with Gasteiger partial charge in [-0.15, -0.1) is 0 Å². The van der Waals surface area contributed by atoms with E-state index in [1.54, 1.807) is 6.92 Å². The van der Waals surface area contributed by atoms with Crippen LogP contribution in [0.1, 0.15) is 20.3 Å². The van der Waals surface area contributed by atoms with Crippen LogP contribution in [-0.4, -0.2) is 47.4 Å². The Labute approximate surface area is 88.2 Å². The lowest BCUT2D eigenvalue weighted by molar-refractivity contribution is -0.144. The molecule has 0 rings (SSSR count). The molecular formula is C9H17NO5. The predicted molar refractivity (Wildman–Crippen MR) is 52.4 cm³/mol. The Morgan fingerprint density at radius 2 is 2.07 bits per heavy atom. The van der Waals surface area contributed by atoms with Crippen molar-refractivity contribution in [3.8, 4) is 0 Å². The molecule has 6 heteroatoms. The van der Waals surface area contributed by atoms with E-state index in [9.17, 15) is 9.59 Å². The van der Waals surface area contributed by atoms with E-state index in [0.29, 0.717) is 6.61 Å². The smallest absolute Gasteiger partial charge is 0.328 e. The standard InChI is InChI=1S/C9H17NO5/c1-3-15-5-4-7(12)10-8(6(2)11)9(13)14/h6,8,11H,3-5H2,1-2H3,(H,10,12)(H,13,14)/t6-,8+/m1/s1. The Hall–Kier alpha value is -1.14. The summed E-state index contributed by atoms with van der Waals surface area (Å²) in [6.07, 6.45) is -1.04. The van der Waals surface area contributed by atoms with Crippen molar-refractivity contribution in [3.63, 3.8) is 0 Å². The number of aliphatic hydroxyl groups excluding tert-OH is 1. The lowest BCUT2D eigenvalue weighted by atomic mass is 10.2. The molecule has 0 aliphatic heterocycles. The number of hydrogen-bond donors (Lipinski definition) is 3. The van der Waals surface area contributed by atoms with Crippen molar-refractivity contribution in [3.05, 3.63) is 0 Å². The number of aliphatic carboxylic acids is 1. The molecule has 0 spiro atoms. The number of carboxylic acid groups (broad SMARTS) is 1. The molecule has 0 aromatic carbocycles. The van der Waals surface area contributed by atoms with Crippen LogP contribution in [-0.2, 0) is 14.3 Å². The van der Waals surface area contributed by atoms with Gasteiger partial charge in [0, 0.05) is 13.0 Å². The minimum atomic E-state index is -1.26. The van der Waals surface area contributed by atoms with Crippen LogP contribution in [0, 0.1) is 0 Å². The number of carboxylic acids is 1. The molecule has 88 valence electrons. The van der Waals surface area contributed by atoms with Gasteiger partial charge in [0.15, 0.2) is 6.04 Å². The number of amides is 1. The first kappa shape index (κ1) is 13.9. The topological polar surface area (TPSA) is 95.9 Å². The maximum atomic E-state index is 11.2. The van der Waals surface area contributed by atoms with Gasteiger partial charge in [-0.05, 0) is 13.8 Å². The fraction of sp³-hybridized carbons (Fsp3) is 0.778. The normalized spacial score (nSPS) is 14.3. The molecule has 0 aliphatic rings. The number of hydrogen-bond acceptors (Lipinski definition) is 4. The van der Waals surface area contributed by atoms with Crippen LogP contribution in [0.4, 0.5) is 0 Å². The lowest BCUT2D eigenvalue weighted by Gasteiger charge is -2.16. The van der Waals surface area contributed by atoms with E-state index in [1.807, 2.05) is 0 Å². The molecule has 1 amide bonds. The van der Waals surface area contributed by atoms with Crippen molar-refractivity contribution < 1.29 is 24.5 Å². The van der Waals surface area contributed by atoms with Gasteiger partial charge < -0.3 is 20.3 Å². The number of carbonyl (C=O) groups excluding carboxylic acids is 1. The van der Waals surface area contributed by atoms with E-state index in [0.717, 1.165) is 0 Å². The molecule has 0 fully saturated rings. The summed E-state index contributed by atoms with van der Waals surface area (Å²) in [5.74, 6) is -1.70. The average molecular weight is 219 g/mol. The van der Waals surface area contributed by atoms with E-state index >= 15 is 0 Å². The second-order valence-corrected chi connectivity index (χ2v) is 3.07. The van der Waals surface area contributed by atoms with Crippen molar-refractivity contribution in [2.24, 2.45) is 0 Å². The van der Waals surface area contributed by atoms with Crippen LogP contribution < -0.4 is 5.32 Å². The zero-order chi connectivity index (χ0) is 11.8. The van der Waals surface area contributed by atoms with E-state index in [4.69, 9.17) is 14.9 Å². The quantitative estimate of drug-likeness (QED) is 0.495. The fourth-order valence-corrected chi connectivity index (χ4v) is 0.943. The Balaban J connectivity index is 3.95. The highest BCUT2D eigenvalue weighted by Gasteiger charge is 2.24. The summed E-state index contributed by atoms with van der Waals surface area (Å²) >= 11 is 0. The van der Waals surface area contributed by atoms with Crippen LogP contribution in [0.25, 0.3) is 0 Å². The van der Waals surface area contributed by atoms with E-state index in [-0.39, 0.29) is 13.0 Å². The number of aliphatic hydroxyl groups is 1. The monoisotopic (exact) mass is 219 g/mol. The van der Waals surface area contributed by atoms with E-state index in [1.165, 1.54) is 6.92 Å². The highest BCUT2D eigenvalue weighted by atomic mass is 16.5. The van der Waals surface area contributed by atoms with Gasteiger partial charge in [-0.1, -0.05) is 0 Å². The number of carbonyl (C=O) groups is 2. The minimum Gasteiger partial charge on any atom is -0.480 e. The van der Waals surface area contributed by atoms with Gasteiger partial charge in [-0.3, -0.25) is 4.79 Å². The van der Waals surface area contributed by atoms with Gasteiger partial charge in [-0.25, -0.2) is 4.79 Å². The Bertz CT molecular complexity index is 217. The summed E-state index contributed by atoms with van der Waals surface area (Å²) in [6, 6.07) is -1.26. The van der Waals surface area contributed by atoms with Crippen molar-refractivity contribution >= 4 is 11.9 Å². The molecule has 0 saturated heterocycles. The van der Waals surface area contributed by atoms with Crippen molar-refractivity contribution in [1.82, 2.24) is 5.32 Å². The van der Waals surface area contributed by atoms with Crippen LogP contribution in [0.15, 0.2) is 0 Å². The highest BCUT2D eigenvalue weighted by molar-refractivity contribution is 5.83. The van der Waals surface area contributed by atoms with Crippen molar-refractivity contribution in [2.75, 3.05) is 13.2 Å². The fourth-order valence-electron chi connectivity index (χ4n) is 0.943. The molecule has 15 heavy (non-hydrogen) atoms. The first-order chi connectivity index (χ1) is 6.99. The maximum absolute atomic E-state index is 11.2. The van der Waals surface area contributed by atoms with Crippen LogP contribution in [0.5, 0.6) is 0 Å². The molecule has 0 saturated carbocycles. The zero-order valence-corrected chi connectivity index (χ0v) is 8.90. The summed E-state index contributed by atoms with van der Waals surface area (Å²) in [4.78, 5) is 21.8. The van der Waals surface area contributed by atoms with Crippen molar-refractivity contribution in [2.45, 2.75) is 32.4 Å². The molecule has 6 nitrogen and oxygen atoms in total. The Morgan fingerprint density at radius 3 is 2.47 bits per heavy atom. The summed E-state index contributed by atoms with van der Waals surface area (Å²) < 4.78 is 4.94. The highest BCUT2D eigenvalue weighted by Crippen LogP contribution is 1.94. The van der Waals surface area contributed by atoms with Crippen LogP contribution >= 0.6 is 0 Å². The first-order valence-electron chi connectivity index (χ1n) is 4.77. The summed E-state index contributed by atoms with van der Waals surface area (Å²) in [5, 5.41) is 19.9. The summed E-state index contributed by atoms with van der Waals surface area (Å²) in [5.41, 5.74) is 0.